The second-order valence-corrected chi connectivity index (χ2v) is 8.22. The number of nitrogens with zero attached hydrogens (tertiary/aromatic N) is 3. The number of benzene rings is 2. The van der Waals surface area contributed by atoms with Gasteiger partial charge in [-0.2, -0.15) is 13.2 Å². The molecule has 170 valence electrons. The van der Waals surface area contributed by atoms with Gasteiger partial charge in [-0.3, -0.25) is 10.1 Å². The Morgan fingerprint density at radius 2 is 1.76 bits per heavy atom. The summed E-state index contributed by atoms with van der Waals surface area (Å²) in [5, 5.41) is 6.39. The van der Waals surface area contributed by atoms with Crippen LogP contribution in [-0.4, -0.2) is 27.8 Å². The van der Waals surface area contributed by atoms with Gasteiger partial charge in [0.2, 0.25) is 5.95 Å². The zero-order valence-electron chi connectivity index (χ0n) is 17.0. The Hall–Kier alpha value is -3.17. The minimum Gasteiger partial charge on any atom is -0.374 e. The van der Waals surface area contributed by atoms with Crippen molar-refractivity contribution in [2.75, 3.05) is 5.32 Å². The number of anilines is 1. The zero-order valence-corrected chi connectivity index (χ0v) is 18.5. The monoisotopic (exact) mass is 494 g/mol. The summed E-state index contributed by atoms with van der Waals surface area (Å²) in [7, 11) is 0. The van der Waals surface area contributed by atoms with E-state index >= 15 is 0 Å². The number of aromatic nitrogens is 2. The highest BCUT2D eigenvalue weighted by atomic mass is 35.5. The standard InChI is InChI=1S/C22H15Cl2F3N4O2/c1-12-7-13(3-4-17(12)19(32)30-20-28-5-2-6-29-20)18-11-21(33-31-18,22(25,26)27)14-8-15(23)10-16(24)9-14/h2-10H,11H2,1H3,(H,28,29,30,32). The lowest BCUT2D eigenvalue weighted by atomic mass is 9.86. The van der Waals surface area contributed by atoms with Crippen LogP contribution in [0.5, 0.6) is 0 Å². The molecule has 1 atom stereocenters. The Bertz CT molecular complexity index is 1230. The van der Waals surface area contributed by atoms with Crippen LogP contribution in [0.15, 0.2) is 60.0 Å². The predicted octanol–water partition coefficient (Wildman–Crippen LogP) is 5.93. The van der Waals surface area contributed by atoms with Crippen LogP contribution in [0, 0.1) is 6.92 Å². The van der Waals surface area contributed by atoms with Crippen LogP contribution < -0.4 is 5.32 Å². The maximum absolute atomic E-state index is 14.2. The first-order valence-electron chi connectivity index (χ1n) is 9.57. The number of oxime groups is 1. The van der Waals surface area contributed by atoms with Crippen LogP contribution in [0.2, 0.25) is 10.0 Å². The molecule has 11 heteroatoms. The molecule has 0 aliphatic carbocycles. The van der Waals surface area contributed by atoms with E-state index in [1.165, 1.54) is 30.6 Å². The van der Waals surface area contributed by atoms with Gasteiger partial charge in [-0.15, -0.1) is 0 Å². The van der Waals surface area contributed by atoms with Crippen LogP contribution >= 0.6 is 23.2 Å². The normalized spacial score (nSPS) is 17.9. The van der Waals surface area contributed by atoms with E-state index in [1.807, 2.05) is 0 Å². The number of alkyl halides is 3. The lowest BCUT2D eigenvalue weighted by Crippen LogP contribution is -2.42. The Morgan fingerprint density at radius 1 is 1.09 bits per heavy atom. The largest absolute Gasteiger partial charge is 0.435 e. The molecule has 0 bridgehead atoms. The highest BCUT2D eigenvalue weighted by Crippen LogP contribution is 2.49. The molecule has 4 rings (SSSR count). The average Bonchev–Trinajstić information content (AvgIpc) is 3.21. The lowest BCUT2D eigenvalue weighted by molar-refractivity contribution is -0.275. The van der Waals surface area contributed by atoms with E-state index in [4.69, 9.17) is 28.0 Å². The van der Waals surface area contributed by atoms with Gasteiger partial charge in [0.25, 0.3) is 11.5 Å². The predicted molar refractivity (Wildman–Crippen MR) is 118 cm³/mol. The molecule has 0 saturated carbocycles. The summed E-state index contributed by atoms with van der Waals surface area (Å²) in [5.41, 5.74) is -1.68. The summed E-state index contributed by atoms with van der Waals surface area (Å²) in [6, 6.07) is 9.83. The first-order chi connectivity index (χ1) is 15.6. The fraction of sp³-hybridized carbons (Fsp3) is 0.182. The molecule has 0 fully saturated rings. The Labute approximate surface area is 196 Å². The van der Waals surface area contributed by atoms with Crippen LogP contribution in [0.3, 0.4) is 0 Å². The van der Waals surface area contributed by atoms with Gasteiger partial charge < -0.3 is 4.84 Å². The maximum Gasteiger partial charge on any atom is 0.435 e. The second kappa shape index (κ2) is 8.64. The van der Waals surface area contributed by atoms with Crippen molar-refractivity contribution in [1.29, 1.82) is 0 Å². The van der Waals surface area contributed by atoms with Gasteiger partial charge in [0, 0.05) is 40.0 Å². The number of carbonyl (C=O) groups excluding carboxylic acids is 1. The Kier molecular flexibility index (Phi) is 6.02. The third-order valence-electron chi connectivity index (χ3n) is 5.11. The van der Waals surface area contributed by atoms with Crippen molar-refractivity contribution < 1.29 is 22.8 Å². The highest BCUT2D eigenvalue weighted by molar-refractivity contribution is 6.34. The van der Waals surface area contributed by atoms with E-state index in [9.17, 15) is 18.0 Å². The molecule has 1 aromatic heterocycles. The molecule has 33 heavy (non-hydrogen) atoms. The molecule has 1 amide bonds. The zero-order chi connectivity index (χ0) is 23.8. The van der Waals surface area contributed by atoms with Gasteiger partial charge in [0.05, 0.1) is 5.71 Å². The molecule has 1 N–H and O–H groups in total. The van der Waals surface area contributed by atoms with E-state index in [-0.39, 0.29) is 27.3 Å². The van der Waals surface area contributed by atoms with Crippen molar-refractivity contribution >= 4 is 40.8 Å². The average molecular weight is 495 g/mol. The first-order valence-corrected chi connectivity index (χ1v) is 10.3. The molecule has 2 aromatic carbocycles. The maximum atomic E-state index is 14.2. The second-order valence-electron chi connectivity index (χ2n) is 7.35. The summed E-state index contributed by atoms with van der Waals surface area (Å²) in [6.07, 6.45) is -2.42. The molecule has 0 radical (unpaired) electrons. The van der Waals surface area contributed by atoms with Crippen LogP contribution in [0.1, 0.15) is 33.5 Å². The van der Waals surface area contributed by atoms with Crippen molar-refractivity contribution in [3.8, 4) is 0 Å². The molecule has 1 aliphatic rings. The minimum absolute atomic E-state index is 0.0479. The molecule has 1 aliphatic heterocycles. The van der Waals surface area contributed by atoms with Crippen LogP contribution in [0.4, 0.5) is 19.1 Å². The van der Waals surface area contributed by atoms with Crippen molar-refractivity contribution in [2.45, 2.75) is 25.1 Å². The van der Waals surface area contributed by atoms with Gasteiger partial charge in [-0.1, -0.05) is 34.4 Å². The van der Waals surface area contributed by atoms with Gasteiger partial charge in [-0.05, 0) is 54.4 Å². The Balaban J connectivity index is 1.61. The molecular formula is C22H15Cl2F3N4O2. The topological polar surface area (TPSA) is 76.5 Å². The number of aryl methyl sites for hydroxylation is 1. The van der Waals surface area contributed by atoms with Gasteiger partial charge in [0.1, 0.15) is 0 Å². The molecule has 0 spiro atoms. The number of carbonyl (C=O) groups is 1. The quantitative estimate of drug-likeness (QED) is 0.487. The molecule has 0 saturated heterocycles. The van der Waals surface area contributed by atoms with Gasteiger partial charge >= 0.3 is 6.18 Å². The van der Waals surface area contributed by atoms with E-state index < -0.39 is 24.1 Å². The smallest absolute Gasteiger partial charge is 0.374 e. The van der Waals surface area contributed by atoms with Crippen LogP contribution in [0.25, 0.3) is 0 Å². The van der Waals surface area contributed by atoms with E-state index in [2.05, 4.69) is 20.4 Å². The van der Waals surface area contributed by atoms with Crippen molar-refractivity contribution in [3.63, 3.8) is 0 Å². The summed E-state index contributed by atoms with van der Waals surface area (Å²) in [5.74, 6) is -0.317. The third kappa shape index (κ3) is 4.51. The van der Waals surface area contributed by atoms with E-state index in [0.717, 1.165) is 12.1 Å². The fourth-order valence-electron chi connectivity index (χ4n) is 3.48. The van der Waals surface area contributed by atoms with Gasteiger partial charge in [-0.25, -0.2) is 9.97 Å². The summed E-state index contributed by atoms with van der Waals surface area (Å²) >= 11 is 11.9. The first kappa shape index (κ1) is 23.0. The lowest BCUT2D eigenvalue weighted by Gasteiger charge is -2.29. The number of hydrogen-bond donors (Lipinski definition) is 1. The van der Waals surface area contributed by atoms with Crippen molar-refractivity contribution in [3.05, 3.63) is 87.2 Å². The van der Waals surface area contributed by atoms with Crippen molar-refractivity contribution in [2.24, 2.45) is 5.16 Å². The number of rotatable bonds is 4. The number of hydrogen-bond acceptors (Lipinski definition) is 5. The SMILES string of the molecule is Cc1cc(C2=NOC(c3cc(Cl)cc(Cl)c3)(C(F)(F)F)C2)ccc1C(=O)Nc1ncccn1. The minimum atomic E-state index is -4.79. The van der Waals surface area contributed by atoms with E-state index in [1.54, 1.807) is 19.1 Å². The Morgan fingerprint density at radius 3 is 2.36 bits per heavy atom. The molecule has 6 nitrogen and oxygen atoms in total. The molecule has 1 unspecified atom stereocenters. The number of nitrogens with one attached hydrogen (secondary N) is 1. The molecular weight excluding hydrogens is 480 g/mol. The number of halogens is 5. The van der Waals surface area contributed by atoms with Crippen molar-refractivity contribution in [1.82, 2.24) is 9.97 Å². The summed E-state index contributed by atoms with van der Waals surface area (Å²) < 4.78 is 42.5. The highest BCUT2D eigenvalue weighted by Gasteiger charge is 2.62. The van der Waals surface area contributed by atoms with Gasteiger partial charge in [0.15, 0.2) is 0 Å². The molecule has 3 aromatic rings. The summed E-state index contributed by atoms with van der Waals surface area (Å²) in [4.78, 5) is 25.4. The number of amides is 1. The summed E-state index contributed by atoms with van der Waals surface area (Å²) in [6.45, 7) is 1.66. The third-order valence-corrected chi connectivity index (χ3v) is 5.55. The van der Waals surface area contributed by atoms with Crippen LogP contribution in [-0.2, 0) is 10.4 Å². The molecule has 2 heterocycles. The fourth-order valence-corrected chi connectivity index (χ4v) is 4.00. The van der Waals surface area contributed by atoms with E-state index in [0.29, 0.717) is 16.7 Å².